The van der Waals surface area contributed by atoms with E-state index in [0.29, 0.717) is 11.4 Å². The topological polar surface area (TPSA) is 75.4 Å². The minimum absolute atomic E-state index is 0.0891. The van der Waals surface area contributed by atoms with Crippen LogP contribution in [-0.4, -0.2) is 39.5 Å². The van der Waals surface area contributed by atoms with E-state index in [-0.39, 0.29) is 6.04 Å². The summed E-state index contributed by atoms with van der Waals surface area (Å²) in [4.78, 5) is 2.61. The van der Waals surface area contributed by atoms with Gasteiger partial charge < -0.3 is 10.6 Å². The standard InChI is InChI=1S/C15H25N3O2S/c1-13(16)14-5-7-15(8-6-14)21(19,20)17-9-12-18-10-3-2-4-11-18/h5-8,13,17H,2-4,9-12,16H2,1H3. The van der Waals surface area contributed by atoms with Gasteiger partial charge in [-0.05, 0) is 50.6 Å². The first-order chi connectivity index (χ1) is 9.99. The molecule has 1 aromatic carbocycles. The van der Waals surface area contributed by atoms with Crippen molar-refractivity contribution in [2.24, 2.45) is 5.73 Å². The van der Waals surface area contributed by atoms with Crippen molar-refractivity contribution in [3.63, 3.8) is 0 Å². The molecular weight excluding hydrogens is 286 g/mol. The lowest BCUT2D eigenvalue weighted by molar-refractivity contribution is 0.233. The van der Waals surface area contributed by atoms with Crippen molar-refractivity contribution in [2.45, 2.75) is 37.1 Å². The van der Waals surface area contributed by atoms with Crippen LogP contribution in [0.4, 0.5) is 0 Å². The summed E-state index contributed by atoms with van der Waals surface area (Å²) in [5.74, 6) is 0. The molecule has 5 nitrogen and oxygen atoms in total. The van der Waals surface area contributed by atoms with Gasteiger partial charge in [-0.2, -0.15) is 0 Å². The van der Waals surface area contributed by atoms with Gasteiger partial charge >= 0.3 is 0 Å². The summed E-state index contributed by atoms with van der Waals surface area (Å²) in [5, 5.41) is 0. The zero-order chi connectivity index (χ0) is 15.3. The maximum Gasteiger partial charge on any atom is 0.240 e. The highest BCUT2D eigenvalue weighted by atomic mass is 32.2. The van der Waals surface area contributed by atoms with E-state index in [1.54, 1.807) is 24.3 Å². The van der Waals surface area contributed by atoms with Crippen LogP contribution in [0, 0.1) is 0 Å². The highest BCUT2D eigenvalue weighted by Gasteiger charge is 2.15. The molecule has 0 aromatic heterocycles. The number of nitrogens with zero attached hydrogens (tertiary/aromatic N) is 1. The smallest absolute Gasteiger partial charge is 0.240 e. The minimum Gasteiger partial charge on any atom is -0.324 e. The zero-order valence-electron chi connectivity index (χ0n) is 12.6. The Kier molecular flexibility index (Phi) is 5.75. The molecule has 1 heterocycles. The van der Waals surface area contributed by atoms with E-state index in [1.165, 1.54) is 19.3 Å². The van der Waals surface area contributed by atoms with Crippen LogP contribution in [0.5, 0.6) is 0 Å². The highest BCUT2D eigenvalue weighted by Crippen LogP contribution is 2.14. The third kappa shape index (κ3) is 4.78. The number of sulfonamides is 1. The fraction of sp³-hybridized carbons (Fsp3) is 0.600. The number of nitrogens with one attached hydrogen (secondary N) is 1. The van der Waals surface area contributed by atoms with Crippen molar-refractivity contribution in [1.29, 1.82) is 0 Å². The maximum atomic E-state index is 12.2. The van der Waals surface area contributed by atoms with E-state index in [1.807, 2.05) is 6.92 Å². The molecule has 1 saturated heterocycles. The Morgan fingerprint density at radius 3 is 2.38 bits per heavy atom. The predicted molar refractivity (Wildman–Crippen MR) is 84.5 cm³/mol. The number of piperidine rings is 1. The summed E-state index contributed by atoms with van der Waals surface area (Å²) in [7, 11) is -3.42. The SMILES string of the molecule is CC(N)c1ccc(S(=O)(=O)NCCN2CCCCC2)cc1. The molecule has 6 heteroatoms. The summed E-state index contributed by atoms with van der Waals surface area (Å²) in [6.07, 6.45) is 3.71. The molecular formula is C15H25N3O2S. The summed E-state index contributed by atoms with van der Waals surface area (Å²) < 4.78 is 27.1. The molecule has 118 valence electrons. The van der Waals surface area contributed by atoms with Crippen molar-refractivity contribution in [3.05, 3.63) is 29.8 Å². The molecule has 0 radical (unpaired) electrons. The Balaban J connectivity index is 1.88. The van der Waals surface area contributed by atoms with Crippen molar-refractivity contribution in [3.8, 4) is 0 Å². The van der Waals surface area contributed by atoms with Crippen LogP contribution in [0.25, 0.3) is 0 Å². The second-order valence-electron chi connectivity index (χ2n) is 5.66. The van der Waals surface area contributed by atoms with E-state index in [9.17, 15) is 8.42 Å². The van der Waals surface area contributed by atoms with Crippen molar-refractivity contribution in [1.82, 2.24) is 9.62 Å². The summed E-state index contributed by atoms with van der Waals surface area (Å²) in [6.45, 7) is 5.25. The first kappa shape index (κ1) is 16.4. The lowest BCUT2D eigenvalue weighted by atomic mass is 10.1. The summed E-state index contributed by atoms with van der Waals surface area (Å²) >= 11 is 0. The Morgan fingerprint density at radius 2 is 1.81 bits per heavy atom. The maximum absolute atomic E-state index is 12.2. The average Bonchev–Trinajstić information content (AvgIpc) is 2.48. The van der Waals surface area contributed by atoms with Gasteiger partial charge in [-0.1, -0.05) is 18.6 Å². The van der Waals surface area contributed by atoms with Crippen molar-refractivity contribution in [2.75, 3.05) is 26.2 Å². The molecule has 1 aromatic rings. The van der Waals surface area contributed by atoms with Gasteiger partial charge in [0.25, 0.3) is 0 Å². The predicted octanol–water partition coefficient (Wildman–Crippen LogP) is 1.47. The van der Waals surface area contributed by atoms with Crippen LogP contribution in [0.2, 0.25) is 0 Å². The van der Waals surface area contributed by atoms with Gasteiger partial charge in [0, 0.05) is 19.1 Å². The lowest BCUT2D eigenvalue weighted by Gasteiger charge is -2.26. The Morgan fingerprint density at radius 1 is 1.19 bits per heavy atom. The van der Waals surface area contributed by atoms with Crippen LogP contribution < -0.4 is 10.5 Å². The number of benzene rings is 1. The Hall–Kier alpha value is -0.950. The highest BCUT2D eigenvalue weighted by molar-refractivity contribution is 7.89. The Bertz CT molecular complexity index is 535. The van der Waals surface area contributed by atoms with Crippen LogP contribution in [-0.2, 0) is 10.0 Å². The molecule has 21 heavy (non-hydrogen) atoms. The van der Waals surface area contributed by atoms with Crippen LogP contribution in [0.1, 0.15) is 37.8 Å². The average molecular weight is 311 g/mol. The molecule has 1 unspecified atom stereocenters. The summed E-state index contributed by atoms with van der Waals surface area (Å²) in [5.41, 5.74) is 6.70. The second-order valence-corrected chi connectivity index (χ2v) is 7.42. The molecule has 0 aliphatic carbocycles. The molecule has 0 bridgehead atoms. The fourth-order valence-electron chi connectivity index (χ4n) is 2.56. The lowest BCUT2D eigenvalue weighted by Crippen LogP contribution is -2.37. The number of hydrogen-bond acceptors (Lipinski definition) is 4. The number of likely N-dealkylation sites (tertiary alicyclic amines) is 1. The van der Waals surface area contributed by atoms with Crippen LogP contribution in [0.3, 0.4) is 0 Å². The third-order valence-electron chi connectivity index (χ3n) is 3.88. The normalized spacial score (nSPS) is 18.6. The number of nitrogens with two attached hydrogens (primary N) is 1. The molecule has 2 rings (SSSR count). The number of hydrogen-bond donors (Lipinski definition) is 2. The second kappa shape index (κ2) is 7.35. The van der Waals surface area contributed by atoms with E-state index in [2.05, 4.69) is 9.62 Å². The minimum atomic E-state index is -3.42. The van der Waals surface area contributed by atoms with Gasteiger partial charge in [-0.25, -0.2) is 13.1 Å². The molecule has 0 spiro atoms. The molecule has 1 aliphatic heterocycles. The quantitative estimate of drug-likeness (QED) is 0.834. The largest absolute Gasteiger partial charge is 0.324 e. The molecule has 0 amide bonds. The van der Waals surface area contributed by atoms with Crippen LogP contribution in [0.15, 0.2) is 29.2 Å². The first-order valence-corrected chi connectivity index (χ1v) is 9.05. The fourth-order valence-corrected chi connectivity index (χ4v) is 3.58. The van der Waals surface area contributed by atoms with Gasteiger partial charge in [-0.15, -0.1) is 0 Å². The van der Waals surface area contributed by atoms with Gasteiger partial charge in [0.05, 0.1) is 4.90 Å². The van der Waals surface area contributed by atoms with E-state index in [0.717, 1.165) is 25.2 Å². The van der Waals surface area contributed by atoms with Crippen molar-refractivity contribution < 1.29 is 8.42 Å². The number of rotatable bonds is 6. The van der Waals surface area contributed by atoms with Crippen molar-refractivity contribution >= 4 is 10.0 Å². The Labute approximate surface area is 127 Å². The molecule has 1 fully saturated rings. The van der Waals surface area contributed by atoms with E-state index >= 15 is 0 Å². The summed E-state index contributed by atoms with van der Waals surface area (Å²) in [6, 6.07) is 6.67. The monoisotopic (exact) mass is 311 g/mol. The van der Waals surface area contributed by atoms with E-state index in [4.69, 9.17) is 5.73 Å². The van der Waals surface area contributed by atoms with Gasteiger partial charge in [0.1, 0.15) is 0 Å². The van der Waals surface area contributed by atoms with Gasteiger partial charge in [0.2, 0.25) is 10.0 Å². The molecule has 1 aliphatic rings. The first-order valence-electron chi connectivity index (χ1n) is 7.56. The molecule has 3 N–H and O–H groups in total. The van der Waals surface area contributed by atoms with Crippen LogP contribution >= 0.6 is 0 Å². The van der Waals surface area contributed by atoms with Gasteiger partial charge in [0.15, 0.2) is 0 Å². The van der Waals surface area contributed by atoms with Gasteiger partial charge in [-0.3, -0.25) is 0 Å². The van der Waals surface area contributed by atoms with E-state index < -0.39 is 10.0 Å². The zero-order valence-corrected chi connectivity index (χ0v) is 13.4. The molecule has 0 saturated carbocycles. The third-order valence-corrected chi connectivity index (χ3v) is 5.36. The molecule has 1 atom stereocenters.